The molecule has 2 heterocycles. The quantitative estimate of drug-likeness (QED) is 0.795. The molecule has 3 rings (SSSR count). The van der Waals surface area contributed by atoms with Gasteiger partial charge >= 0.3 is 0 Å². The molecule has 1 atom stereocenters. The molecule has 134 valence electrons. The number of benzene rings is 1. The average molecular weight is 379 g/mol. The van der Waals surface area contributed by atoms with E-state index >= 15 is 0 Å². The summed E-state index contributed by atoms with van der Waals surface area (Å²) >= 11 is 1.53. The Morgan fingerprint density at radius 3 is 2.48 bits per heavy atom. The Morgan fingerprint density at radius 1 is 1.20 bits per heavy atom. The van der Waals surface area contributed by atoms with Crippen molar-refractivity contribution in [3.05, 3.63) is 41.7 Å². The van der Waals surface area contributed by atoms with Crippen molar-refractivity contribution < 1.29 is 4.79 Å². The molecule has 1 fully saturated rings. The van der Waals surface area contributed by atoms with Crippen LogP contribution in [0, 0.1) is 19.8 Å². The fourth-order valence-electron chi connectivity index (χ4n) is 2.77. The summed E-state index contributed by atoms with van der Waals surface area (Å²) in [6, 6.07) is 9.79. The van der Waals surface area contributed by atoms with Gasteiger partial charge < -0.3 is 10.6 Å². The van der Waals surface area contributed by atoms with E-state index in [1.54, 1.807) is 0 Å². The minimum absolute atomic E-state index is 0. The molecule has 0 spiro atoms. The van der Waals surface area contributed by atoms with Gasteiger partial charge in [0.1, 0.15) is 0 Å². The van der Waals surface area contributed by atoms with Crippen LogP contribution in [0.4, 0.5) is 5.69 Å². The molecule has 0 radical (unpaired) electrons. The van der Waals surface area contributed by atoms with Crippen LogP contribution in [-0.2, 0) is 4.79 Å². The normalized spacial score (nSPS) is 16.8. The highest BCUT2D eigenvalue weighted by Gasteiger charge is 2.20. The van der Waals surface area contributed by atoms with Gasteiger partial charge in [0.25, 0.3) is 0 Å². The second-order valence-corrected chi connectivity index (χ2v) is 7.13. The average Bonchev–Trinajstić information content (AvgIpc) is 2.56. The zero-order chi connectivity index (χ0) is 16.9. The van der Waals surface area contributed by atoms with Gasteiger partial charge in [-0.1, -0.05) is 0 Å². The third-order valence-corrected chi connectivity index (χ3v) is 4.83. The number of rotatable bonds is 4. The van der Waals surface area contributed by atoms with E-state index in [2.05, 4.69) is 20.6 Å². The standard InChI is InChI=1S/C18H22N4OS.ClH/c1-12-10-13(2)21-18(20-12)24-16-7-5-15(6-8-16)22-17(23)14-4-3-9-19-11-14;/h5-8,10,14,19H,3-4,9,11H2,1-2H3,(H,22,23);1H. The first-order chi connectivity index (χ1) is 11.6. The van der Waals surface area contributed by atoms with E-state index in [4.69, 9.17) is 0 Å². The van der Waals surface area contributed by atoms with Gasteiger partial charge in [0.15, 0.2) is 5.16 Å². The largest absolute Gasteiger partial charge is 0.326 e. The smallest absolute Gasteiger partial charge is 0.228 e. The summed E-state index contributed by atoms with van der Waals surface area (Å²) in [6.07, 6.45) is 2.01. The Kier molecular flexibility index (Phi) is 7.23. The number of carbonyl (C=O) groups excluding carboxylic acids is 1. The summed E-state index contributed by atoms with van der Waals surface area (Å²) in [5.41, 5.74) is 2.77. The molecule has 1 aromatic heterocycles. The van der Waals surface area contributed by atoms with E-state index in [1.807, 2.05) is 44.2 Å². The Bertz CT molecular complexity index is 697. The van der Waals surface area contributed by atoms with E-state index in [9.17, 15) is 4.79 Å². The number of amides is 1. The summed E-state index contributed by atoms with van der Waals surface area (Å²) in [5, 5.41) is 7.02. The van der Waals surface area contributed by atoms with Crippen molar-refractivity contribution in [3.8, 4) is 0 Å². The molecule has 1 aliphatic heterocycles. The van der Waals surface area contributed by atoms with Gasteiger partial charge in [-0.15, -0.1) is 12.4 Å². The molecule has 0 aliphatic carbocycles. The molecule has 0 saturated carbocycles. The zero-order valence-corrected chi connectivity index (χ0v) is 16.0. The van der Waals surface area contributed by atoms with E-state index in [0.29, 0.717) is 0 Å². The molecule has 1 aliphatic rings. The number of halogens is 1. The number of hydrogen-bond donors (Lipinski definition) is 2. The number of anilines is 1. The van der Waals surface area contributed by atoms with Crippen LogP contribution < -0.4 is 10.6 Å². The van der Waals surface area contributed by atoms with E-state index < -0.39 is 0 Å². The highest BCUT2D eigenvalue weighted by atomic mass is 35.5. The third-order valence-electron chi connectivity index (χ3n) is 3.96. The van der Waals surface area contributed by atoms with Gasteiger partial charge in [0.05, 0.1) is 5.92 Å². The van der Waals surface area contributed by atoms with Gasteiger partial charge in [-0.05, 0) is 75.3 Å². The zero-order valence-electron chi connectivity index (χ0n) is 14.4. The number of nitrogens with one attached hydrogen (secondary N) is 2. The van der Waals surface area contributed by atoms with Crippen LogP contribution in [0.2, 0.25) is 0 Å². The lowest BCUT2D eigenvalue weighted by atomic mass is 9.99. The number of aryl methyl sites for hydroxylation is 2. The second-order valence-electron chi connectivity index (χ2n) is 6.09. The van der Waals surface area contributed by atoms with Gasteiger partial charge in [-0.3, -0.25) is 4.79 Å². The van der Waals surface area contributed by atoms with Gasteiger partial charge in [0.2, 0.25) is 5.91 Å². The van der Waals surface area contributed by atoms with Crippen molar-refractivity contribution >= 4 is 35.8 Å². The number of hydrogen-bond acceptors (Lipinski definition) is 5. The lowest BCUT2D eigenvalue weighted by molar-refractivity contribution is -0.120. The molecule has 1 saturated heterocycles. The monoisotopic (exact) mass is 378 g/mol. The first-order valence-corrected chi connectivity index (χ1v) is 9.03. The molecular weight excluding hydrogens is 356 g/mol. The summed E-state index contributed by atoms with van der Waals surface area (Å²) in [6.45, 7) is 5.72. The Balaban J connectivity index is 0.00000225. The minimum atomic E-state index is 0. The van der Waals surface area contributed by atoms with Crippen molar-refractivity contribution in [2.45, 2.75) is 36.7 Å². The predicted octanol–water partition coefficient (Wildman–Crippen LogP) is 3.60. The van der Waals surface area contributed by atoms with Crippen LogP contribution in [0.5, 0.6) is 0 Å². The van der Waals surface area contributed by atoms with Crippen LogP contribution in [-0.4, -0.2) is 29.0 Å². The van der Waals surface area contributed by atoms with Crippen LogP contribution in [0.25, 0.3) is 0 Å². The number of nitrogens with zero attached hydrogens (tertiary/aromatic N) is 2. The molecule has 25 heavy (non-hydrogen) atoms. The summed E-state index contributed by atoms with van der Waals surface area (Å²) in [7, 11) is 0. The third kappa shape index (κ3) is 5.70. The second kappa shape index (κ2) is 9.17. The molecule has 7 heteroatoms. The minimum Gasteiger partial charge on any atom is -0.326 e. The number of piperidine rings is 1. The van der Waals surface area contributed by atoms with Crippen molar-refractivity contribution in [1.29, 1.82) is 0 Å². The Labute approximate surface area is 158 Å². The van der Waals surface area contributed by atoms with Crippen LogP contribution in [0.1, 0.15) is 24.2 Å². The first-order valence-electron chi connectivity index (χ1n) is 8.22. The number of carbonyl (C=O) groups is 1. The SMILES string of the molecule is Cc1cc(C)nc(Sc2ccc(NC(=O)C3CCCNC3)cc2)n1.Cl. The van der Waals surface area contributed by atoms with Crippen molar-refractivity contribution in [2.24, 2.45) is 5.92 Å². The van der Waals surface area contributed by atoms with E-state index in [1.165, 1.54) is 11.8 Å². The fraction of sp³-hybridized carbons (Fsp3) is 0.389. The van der Waals surface area contributed by atoms with Gasteiger partial charge in [-0.2, -0.15) is 0 Å². The summed E-state index contributed by atoms with van der Waals surface area (Å²) < 4.78 is 0. The summed E-state index contributed by atoms with van der Waals surface area (Å²) in [4.78, 5) is 22.2. The molecule has 1 unspecified atom stereocenters. The molecule has 1 aromatic carbocycles. The van der Waals surface area contributed by atoms with Crippen LogP contribution >= 0.6 is 24.2 Å². The van der Waals surface area contributed by atoms with Crippen LogP contribution in [0.3, 0.4) is 0 Å². The fourth-order valence-corrected chi connectivity index (χ4v) is 3.63. The van der Waals surface area contributed by atoms with Crippen molar-refractivity contribution in [3.63, 3.8) is 0 Å². The lowest BCUT2D eigenvalue weighted by Gasteiger charge is -2.21. The molecule has 0 bridgehead atoms. The lowest BCUT2D eigenvalue weighted by Crippen LogP contribution is -2.37. The van der Waals surface area contributed by atoms with Crippen molar-refractivity contribution in [1.82, 2.24) is 15.3 Å². The predicted molar refractivity (Wildman–Crippen MR) is 104 cm³/mol. The van der Waals surface area contributed by atoms with Crippen molar-refractivity contribution in [2.75, 3.05) is 18.4 Å². The number of aromatic nitrogens is 2. The highest BCUT2D eigenvalue weighted by molar-refractivity contribution is 7.99. The maximum absolute atomic E-state index is 12.2. The summed E-state index contributed by atoms with van der Waals surface area (Å²) in [5.74, 6) is 0.164. The van der Waals surface area contributed by atoms with Crippen LogP contribution in [0.15, 0.2) is 40.4 Å². The molecule has 1 amide bonds. The molecular formula is C18H23ClN4OS. The highest BCUT2D eigenvalue weighted by Crippen LogP contribution is 2.26. The van der Waals surface area contributed by atoms with Gasteiger partial charge in [-0.25, -0.2) is 9.97 Å². The first kappa shape index (κ1) is 19.7. The Hall–Kier alpha value is -1.63. The maximum atomic E-state index is 12.2. The van der Waals surface area contributed by atoms with E-state index in [0.717, 1.165) is 53.1 Å². The van der Waals surface area contributed by atoms with E-state index in [-0.39, 0.29) is 24.2 Å². The molecule has 2 N–H and O–H groups in total. The molecule has 2 aromatic rings. The maximum Gasteiger partial charge on any atom is 0.228 e. The topological polar surface area (TPSA) is 66.9 Å². The van der Waals surface area contributed by atoms with Gasteiger partial charge in [0, 0.05) is 28.5 Å². The molecule has 5 nitrogen and oxygen atoms in total. The Morgan fingerprint density at radius 2 is 1.88 bits per heavy atom.